The Kier molecular flexibility index (Phi) is 6.84. The Morgan fingerprint density at radius 3 is 2.54 bits per heavy atom. The van der Waals surface area contributed by atoms with Gasteiger partial charge in [-0.05, 0) is 12.8 Å². The molecule has 0 heterocycles. The highest BCUT2D eigenvalue weighted by Crippen LogP contribution is 1.91. The van der Waals surface area contributed by atoms with E-state index < -0.39 is 10.1 Å². The minimum absolute atomic E-state index is 0.0902. The molecule has 0 aliphatic heterocycles. The van der Waals surface area contributed by atoms with Crippen molar-refractivity contribution in [3.8, 4) is 0 Å². The van der Waals surface area contributed by atoms with Crippen molar-refractivity contribution < 1.29 is 17.3 Å². The predicted octanol–water partition coefficient (Wildman–Crippen LogP) is 0.945. The van der Waals surface area contributed by atoms with Crippen LogP contribution in [-0.4, -0.2) is 34.5 Å². The lowest BCUT2D eigenvalue weighted by Gasteiger charge is -2.02. The van der Waals surface area contributed by atoms with Crippen molar-refractivity contribution in [1.82, 2.24) is 0 Å². The molecule has 0 bridgehead atoms. The van der Waals surface area contributed by atoms with Crippen molar-refractivity contribution in [3.05, 3.63) is 12.7 Å². The lowest BCUT2D eigenvalue weighted by atomic mass is 10.3. The standard InChI is InChI=1S/C8H16O4S/c1-3-4-5-6-11-7-8-12-13(2,9)10/h3H,1,4-8H2,2H3. The smallest absolute Gasteiger partial charge is 0.264 e. The quantitative estimate of drug-likeness (QED) is 0.338. The molecule has 5 heteroatoms. The summed E-state index contributed by atoms with van der Waals surface area (Å²) in [5.74, 6) is 0. The Morgan fingerprint density at radius 1 is 1.31 bits per heavy atom. The monoisotopic (exact) mass is 208 g/mol. The molecule has 0 atom stereocenters. The third kappa shape index (κ3) is 11.6. The predicted molar refractivity (Wildman–Crippen MR) is 51.0 cm³/mol. The van der Waals surface area contributed by atoms with Gasteiger partial charge in [0.15, 0.2) is 0 Å². The fraction of sp³-hybridized carbons (Fsp3) is 0.750. The Bertz CT molecular complexity index is 220. The maximum absolute atomic E-state index is 10.5. The molecule has 0 N–H and O–H groups in total. The second-order valence-electron chi connectivity index (χ2n) is 2.57. The summed E-state index contributed by atoms with van der Waals surface area (Å²) in [6.45, 7) is 4.58. The first kappa shape index (κ1) is 12.6. The first-order chi connectivity index (χ1) is 6.06. The molecule has 4 nitrogen and oxygen atoms in total. The molecule has 0 spiro atoms. The van der Waals surface area contributed by atoms with E-state index in [4.69, 9.17) is 4.74 Å². The molecule has 0 saturated heterocycles. The number of unbranched alkanes of at least 4 members (excludes halogenated alkanes) is 1. The molecule has 0 fully saturated rings. The van der Waals surface area contributed by atoms with Gasteiger partial charge in [-0.25, -0.2) is 0 Å². The Balaban J connectivity index is 3.13. The molecule has 0 aromatic rings. The number of hydrogen-bond acceptors (Lipinski definition) is 4. The molecule has 0 radical (unpaired) electrons. The topological polar surface area (TPSA) is 52.6 Å². The zero-order valence-corrected chi connectivity index (χ0v) is 8.68. The van der Waals surface area contributed by atoms with E-state index in [9.17, 15) is 8.42 Å². The summed E-state index contributed by atoms with van der Waals surface area (Å²) in [5.41, 5.74) is 0. The molecule has 0 amide bonds. The average Bonchev–Trinajstić information content (AvgIpc) is 2.01. The highest BCUT2D eigenvalue weighted by atomic mass is 32.2. The van der Waals surface area contributed by atoms with E-state index >= 15 is 0 Å². The van der Waals surface area contributed by atoms with Gasteiger partial charge in [0.25, 0.3) is 10.1 Å². The van der Waals surface area contributed by atoms with E-state index in [0.717, 1.165) is 19.1 Å². The summed E-state index contributed by atoms with van der Waals surface area (Å²) in [5, 5.41) is 0. The third-order valence-electron chi connectivity index (χ3n) is 1.22. The molecule has 0 rings (SSSR count). The summed E-state index contributed by atoms with van der Waals surface area (Å²) >= 11 is 0. The van der Waals surface area contributed by atoms with Crippen LogP contribution in [-0.2, 0) is 19.0 Å². The van der Waals surface area contributed by atoms with Crippen LogP contribution in [0.25, 0.3) is 0 Å². The van der Waals surface area contributed by atoms with E-state index in [1.54, 1.807) is 0 Å². The Hall–Kier alpha value is -0.390. The fourth-order valence-electron chi connectivity index (χ4n) is 0.676. The Morgan fingerprint density at radius 2 is 2.00 bits per heavy atom. The van der Waals surface area contributed by atoms with Crippen LogP contribution in [0.3, 0.4) is 0 Å². The zero-order chi connectivity index (χ0) is 10.2. The van der Waals surface area contributed by atoms with E-state index in [0.29, 0.717) is 13.2 Å². The van der Waals surface area contributed by atoms with Crippen LogP contribution in [0.1, 0.15) is 12.8 Å². The molecule has 0 aliphatic carbocycles. The third-order valence-corrected chi connectivity index (χ3v) is 1.82. The largest absolute Gasteiger partial charge is 0.379 e. The molecule has 0 saturated carbocycles. The maximum Gasteiger partial charge on any atom is 0.264 e. The molecular formula is C8H16O4S. The van der Waals surface area contributed by atoms with Crippen LogP contribution < -0.4 is 0 Å². The van der Waals surface area contributed by atoms with Crippen molar-refractivity contribution in [1.29, 1.82) is 0 Å². The summed E-state index contributed by atoms with van der Waals surface area (Å²) in [6.07, 6.45) is 4.65. The number of allylic oxidation sites excluding steroid dienone is 1. The van der Waals surface area contributed by atoms with Gasteiger partial charge < -0.3 is 4.74 Å². The lowest BCUT2D eigenvalue weighted by molar-refractivity contribution is 0.101. The average molecular weight is 208 g/mol. The van der Waals surface area contributed by atoms with Crippen LogP contribution in [0.4, 0.5) is 0 Å². The van der Waals surface area contributed by atoms with Crippen LogP contribution in [0.15, 0.2) is 12.7 Å². The summed E-state index contributed by atoms with van der Waals surface area (Å²) in [6, 6.07) is 0. The normalized spacial score (nSPS) is 11.5. The van der Waals surface area contributed by atoms with Crippen LogP contribution in [0.5, 0.6) is 0 Å². The minimum Gasteiger partial charge on any atom is -0.379 e. The van der Waals surface area contributed by atoms with Crippen molar-refractivity contribution in [2.75, 3.05) is 26.1 Å². The Labute approximate surface area is 79.7 Å². The van der Waals surface area contributed by atoms with Gasteiger partial charge in [-0.1, -0.05) is 6.08 Å². The van der Waals surface area contributed by atoms with Gasteiger partial charge >= 0.3 is 0 Å². The van der Waals surface area contributed by atoms with Crippen molar-refractivity contribution in [3.63, 3.8) is 0 Å². The van der Waals surface area contributed by atoms with E-state index in [2.05, 4.69) is 10.8 Å². The van der Waals surface area contributed by atoms with Crippen molar-refractivity contribution in [2.24, 2.45) is 0 Å². The van der Waals surface area contributed by atoms with Gasteiger partial charge in [0.05, 0.1) is 19.5 Å². The minimum atomic E-state index is -3.32. The molecular weight excluding hydrogens is 192 g/mol. The summed E-state index contributed by atoms with van der Waals surface area (Å²) in [4.78, 5) is 0. The van der Waals surface area contributed by atoms with Gasteiger partial charge in [-0.2, -0.15) is 8.42 Å². The van der Waals surface area contributed by atoms with Crippen molar-refractivity contribution >= 4 is 10.1 Å². The number of rotatable bonds is 8. The SMILES string of the molecule is C=CCCCOCCOS(C)(=O)=O. The number of hydrogen-bond donors (Lipinski definition) is 0. The highest BCUT2D eigenvalue weighted by Gasteiger charge is 1.99. The van der Waals surface area contributed by atoms with Gasteiger partial charge in [-0.3, -0.25) is 4.18 Å². The van der Waals surface area contributed by atoms with Gasteiger partial charge in [0.2, 0.25) is 0 Å². The van der Waals surface area contributed by atoms with Gasteiger partial charge in [-0.15, -0.1) is 6.58 Å². The molecule has 0 aliphatic rings. The molecule has 0 unspecified atom stereocenters. The maximum atomic E-state index is 10.5. The molecule has 0 aromatic carbocycles. The molecule has 0 aromatic heterocycles. The fourth-order valence-corrected chi connectivity index (χ4v) is 1.05. The summed E-state index contributed by atoms with van der Waals surface area (Å²) in [7, 11) is -3.32. The van der Waals surface area contributed by atoms with Gasteiger partial charge in [0, 0.05) is 6.61 Å². The van der Waals surface area contributed by atoms with Crippen LogP contribution in [0, 0.1) is 0 Å². The highest BCUT2D eigenvalue weighted by molar-refractivity contribution is 7.85. The zero-order valence-electron chi connectivity index (χ0n) is 7.86. The first-order valence-electron chi connectivity index (χ1n) is 4.09. The molecule has 13 heavy (non-hydrogen) atoms. The van der Waals surface area contributed by atoms with E-state index in [-0.39, 0.29) is 6.61 Å². The first-order valence-corrected chi connectivity index (χ1v) is 5.91. The van der Waals surface area contributed by atoms with Gasteiger partial charge in [0.1, 0.15) is 0 Å². The molecule has 78 valence electrons. The number of ether oxygens (including phenoxy) is 1. The van der Waals surface area contributed by atoms with Crippen LogP contribution in [0.2, 0.25) is 0 Å². The van der Waals surface area contributed by atoms with E-state index in [1.807, 2.05) is 6.08 Å². The second kappa shape index (κ2) is 7.06. The van der Waals surface area contributed by atoms with Crippen LogP contribution >= 0.6 is 0 Å². The van der Waals surface area contributed by atoms with E-state index in [1.165, 1.54) is 0 Å². The second-order valence-corrected chi connectivity index (χ2v) is 4.21. The summed E-state index contributed by atoms with van der Waals surface area (Å²) < 4.78 is 30.5. The van der Waals surface area contributed by atoms with Crippen molar-refractivity contribution in [2.45, 2.75) is 12.8 Å². The lowest BCUT2D eigenvalue weighted by Crippen LogP contribution is -2.09.